The summed E-state index contributed by atoms with van der Waals surface area (Å²) in [7, 11) is 0. The molecule has 0 saturated carbocycles. The van der Waals surface area contributed by atoms with E-state index in [1.54, 1.807) is 24.3 Å². The lowest BCUT2D eigenvalue weighted by Gasteiger charge is -2.34. The number of aliphatic hydroxyl groups excluding tert-OH is 4. The first kappa shape index (κ1) is 16.2. The van der Waals surface area contributed by atoms with Crippen LogP contribution < -0.4 is 0 Å². The first-order chi connectivity index (χ1) is 8.97. The number of phenolic OH excluding ortho intramolecular Hbond substituents is 1. The monoisotopic (exact) mass is 292 g/mol. The van der Waals surface area contributed by atoms with E-state index in [1.165, 1.54) is 0 Å². The number of aliphatic hydroxyl groups is 4. The number of para-hydroxylation sites is 1. The Bertz CT molecular complexity index is 365. The zero-order valence-corrected chi connectivity index (χ0v) is 10.8. The molecule has 4 atom stereocenters. The highest BCUT2D eigenvalue weighted by Gasteiger charge is 2.36. The van der Waals surface area contributed by atoms with E-state index in [0.29, 0.717) is 5.02 Å². The smallest absolute Gasteiger partial charge is 0.134 e. The van der Waals surface area contributed by atoms with Crippen molar-refractivity contribution >= 4 is 11.6 Å². The molecule has 1 fully saturated rings. The van der Waals surface area contributed by atoms with Gasteiger partial charge in [-0.15, -0.1) is 0 Å². The molecular formula is C12H17ClO6. The van der Waals surface area contributed by atoms with Crippen LogP contribution in [0.15, 0.2) is 24.3 Å². The molecule has 19 heavy (non-hydrogen) atoms. The van der Waals surface area contributed by atoms with Crippen molar-refractivity contribution < 1.29 is 30.3 Å². The third-order valence-corrected chi connectivity index (χ3v) is 2.96. The van der Waals surface area contributed by atoms with E-state index in [1.807, 2.05) is 0 Å². The fourth-order valence-electron chi connectivity index (χ4n) is 1.48. The average Bonchev–Trinajstić information content (AvgIpc) is 2.41. The number of hydrogen-bond donors (Lipinski definition) is 5. The Morgan fingerprint density at radius 3 is 2.26 bits per heavy atom. The number of ether oxygens (including phenoxy) is 1. The molecule has 1 aliphatic rings. The lowest BCUT2D eigenvalue weighted by atomic mass is 10.0. The first-order valence-corrected chi connectivity index (χ1v) is 6.05. The summed E-state index contributed by atoms with van der Waals surface area (Å²) in [5, 5.41) is 44.9. The summed E-state index contributed by atoms with van der Waals surface area (Å²) in [4.78, 5) is 0. The van der Waals surface area contributed by atoms with Crippen LogP contribution in [-0.4, -0.2) is 63.2 Å². The van der Waals surface area contributed by atoms with E-state index in [2.05, 4.69) is 0 Å². The van der Waals surface area contributed by atoms with Crippen LogP contribution in [0.4, 0.5) is 0 Å². The van der Waals surface area contributed by atoms with Crippen molar-refractivity contribution in [3.8, 4) is 5.75 Å². The molecule has 108 valence electrons. The van der Waals surface area contributed by atoms with Gasteiger partial charge in [0, 0.05) is 0 Å². The number of hydrogen-bond acceptors (Lipinski definition) is 6. The van der Waals surface area contributed by atoms with E-state index >= 15 is 0 Å². The highest BCUT2D eigenvalue weighted by Crippen LogP contribution is 2.20. The largest absolute Gasteiger partial charge is 0.506 e. The van der Waals surface area contributed by atoms with Crippen molar-refractivity contribution in [2.75, 3.05) is 13.2 Å². The average molecular weight is 293 g/mol. The van der Waals surface area contributed by atoms with Crippen LogP contribution in [0, 0.1) is 0 Å². The first-order valence-electron chi connectivity index (χ1n) is 5.67. The molecule has 1 aliphatic heterocycles. The Kier molecular flexibility index (Phi) is 6.50. The van der Waals surface area contributed by atoms with Crippen LogP contribution in [0.2, 0.25) is 5.02 Å². The Morgan fingerprint density at radius 1 is 1.16 bits per heavy atom. The van der Waals surface area contributed by atoms with Gasteiger partial charge < -0.3 is 30.3 Å². The second kappa shape index (κ2) is 7.64. The molecule has 5 N–H and O–H groups in total. The quantitative estimate of drug-likeness (QED) is 0.477. The van der Waals surface area contributed by atoms with Crippen molar-refractivity contribution in [3.05, 3.63) is 29.3 Å². The normalized spacial score (nSPS) is 30.4. The molecule has 0 bridgehead atoms. The molecule has 2 rings (SSSR count). The standard InChI is InChI=1S/C6H5ClO.C6H12O5/c7-5-3-1-2-4-6(5)8;7-1-4-6(10)5(9)3(8)2-11-4/h1-4,8H;3-10H,1-2H2/t;3?,4?,5?,6-/m.1/s1. The lowest BCUT2D eigenvalue weighted by Crippen LogP contribution is -2.53. The van der Waals surface area contributed by atoms with Gasteiger partial charge in [-0.2, -0.15) is 0 Å². The fourth-order valence-corrected chi connectivity index (χ4v) is 1.62. The number of halogens is 1. The molecule has 1 saturated heterocycles. The molecular weight excluding hydrogens is 276 g/mol. The molecule has 0 amide bonds. The van der Waals surface area contributed by atoms with Crippen molar-refractivity contribution in [3.63, 3.8) is 0 Å². The molecule has 1 heterocycles. The van der Waals surface area contributed by atoms with Gasteiger partial charge in [-0.1, -0.05) is 23.7 Å². The van der Waals surface area contributed by atoms with Crippen LogP contribution in [0.1, 0.15) is 0 Å². The van der Waals surface area contributed by atoms with E-state index in [9.17, 15) is 0 Å². The van der Waals surface area contributed by atoms with Crippen LogP contribution >= 0.6 is 11.6 Å². The maximum absolute atomic E-state index is 9.11. The third-order valence-electron chi connectivity index (χ3n) is 2.64. The molecule has 3 unspecified atom stereocenters. The fraction of sp³-hybridized carbons (Fsp3) is 0.500. The molecule has 6 nitrogen and oxygen atoms in total. The van der Waals surface area contributed by atoms with Crippen LogP contribution in [0.5, 0.6) is 5.75 Å². The zero-order chi connectivity index (χ0) is 14.4. The minimum Gasteiger partial charge on any atom is -0.506 e. The van der Waals surface area contributed by atoms with Crippen LogP contribution in [-0.2, 0) is 4.74 Å². The third kappa shape index (κ3) is 4.61. The summed E-state index contributed by atoms with van der Waals surface area (Å²) < 4.78 is 4.81. The Balaban J connectivity index is 0.000000200. The SMILES string of the molecule is OCC1OCC(O)C(O)[C@@H]1O.Oc1ccccc1Cl. The molecule has 0 aromatic heterocycles. The van der Waals surface area contributed by atoms with Gasteiger partial charge >= 0.3 is 0 Å². The van der Waals surface area contributed by atoms with Gasteiger partial charge in [0.15, 0.2) is 0 Å². The van der Waals surface area contributed by atoms with Gasteiger partial charge in [0.25, 0.3) is 0 Å². The topological polar surface area (TPSA) is 110 Å². The minimum absolute atomic E-state index is 0.0521. The summed E-state index contributed by atoms with van der Waals surface area (Å²) in [6.07, 6.45) is -4.27. The summed E-state index contributed by atoms with van der Waals surface area (Å²) in [6, 6.07) is 6.67. The summed E-state index contributed by atoms with van der Waals surface area (Å²) >= 11 is 5.46. The van der Waals surface area contributed by atoms with Crippen molar-refractivity contribution in [2.24, 2.45) is 0 Å². The number of aromatic hydroxyl groups is 1. The summed E-state index contributed by atoms with van der Waals surface area (Å²) in [5.41, 5.74) is 0. The van der Waals surface area contributed by atoms with Crippen molar-refractivity contribution in [1.82, 2.24) is 0 Å². The maximum atomic E-state index is 9.11. The molecule has 0 radical (unpaired) electrons. The molecule has 1 aromatic rings. The van der Waals surface area contributed by atoms with E-state index in [0.717, 1.165) is 0 Å². The van der Waals surface area contributed by atoms with E-state index in [4.69, 9.17) is 41.9 Å². The summed E-state index contributed by atoms with van der Waals surface area (Å²) in [6.45, 7) is -0.408. The molecule has 0 spiro atoms. The van der Waals surface area contributed by atoms with Gasteiger partial charge in [-0.25, -0.2) is 0 Å². The van der Waals surface area contributed by atoms with Crippen molar-refractivity contribution in [1.29, 1.82) is 0 Å². The van der Waals surface area contributed by atoms with Crippen LogP contribution in [0.3, 0.4) is 0 Å². The molecule has 7 heteroatoms. The van der Waals surface area contributed by atoms with E-state index < -0.39 is 24.4 Å². The highest BCUT2D eigenvalue weighted by atomic mass is 35.5. The zero-order valence-electron chi connectivity index (χ0n) is 10.1. The van der Waals surface area contributed by atoms with E-state index in [-0.39, 0.29) is 19.0 Å². The van der Waals surface area contributed by atoms with Gasteiger partial charge in [-0.3, -0.25) is 0 Å². The molecule has 0 aliphatic carbocycles. The molecule has 1 aromatic carbocycles. The number of phenols is 1. The minimum atomic E-state index is -1.22. The van der Waals surface area contributed by atoms with Gasteiger partial charge in [0.1, 0.15) is 30.2 Å². The van der Waals surface area contributed by atoms with Crippen molar-refractivity contribution in [2.45, 2.75) is 24.4 Å². The number of rotatable bonds is 1. The predicted molar refractivity (Wildman–Crippen MR) is 68.0 cm³/mol. The summed E-state index contributed by atoms with van der Waals surface area (Å²) in [5.74, 6) is 0.133. The van der Waals surface area contributed by atoms with Gasteiger partial charge in [-0.05, 0) is 12.1 Å². The Labute approximate surface area is 115 Å². The second-order valence-electron chi connectivity index (χ2n) is 4.05. The van der Waals surface area contributed by atoms with Gasteiger partial charge in [0.2, 0.25) is 0 Å². The second-order valence-corrected chi connectivity index (χ2v) is 4.46. The maximum Gasteiger partial charge on any atom is 0.134 e. The predicted octanol–water partition coefficient (Wildman–Crippen LogP) is -0.494. The highest BCUT2D eigenvalue weighted by molar-refractivity contribution is 6.31. The Hall–Kier alpha value is -0.890. The van der Waals surface area contributed by atoms with Gasteiger partial charge in [0.05, 0.1) is 18.2 Å². The van der Waals surface area contributed by atoms with Crippen LogP contribution in [0.25, 0.3) is 0 Å². The lowest BCUT2D eigenvalue weighted by molar-refractivity contribution is -0.195. The Morgan fingerprint density at radius 2 is 1.79 bits per heavy atom. The number of benzene rings is 1.